The highest BCUT2D eigenvalue weighted by atomic mass is 16.3. The van der Waals surface area contributed by atoms with Crippen LogP contribution >= 0.6 is 0 Å². The lowest BCUT2D eigenvalue weighted by atomic mass is 10.2. The van der Waals surface area contributed by atoms with Crippen molar-refractivity contribution in [1.82, 2.24) is 0 Å². The molecule has 0 amide bonds. The standard InChI is InChI=1S/C8H10O.C8H10.C2H6/c1-2-7-4-3-5-8(9)6-7;1-2-8-6-4-3-5-7-8;1-2/h3-6,9H,2H2,1H3;3-7H,2H2,1H3;1-2H3. The van der Waals surface area contributed by atoms with E-state index in [2.05, 4.69) is 38.1 Å². The summed E-state index contributed by atoms with van der Waals surface area (Å²) in [6, 6.07) is 17.8. The van der Waals surface area contributed by atoms with Crippen molar-refractivity contribution >= 4 is 0 Å². The van der Waals surface area contributed by atoms with Crippen LogP contribution in [-0.4, -0.2) is 5.11 Å². The number of benzene rings is 2. The summed E-state index contributed by atoms with van der Waals surface area (Å²) >= 11 is 0. The van der Waals surface area contributed by atoms with Crippen molar-refractivity contribution in [1.29, 1.82) is 0 Å². The highest BCUT2D eigenvalue weighted by molar-refractivity contribution is 5.26. The second kappa shape index (κ2) is 11.3. The quantitative estimate of drug-likeness (QED) is 0.782. The number of aromatic hydroxyl groups is 1. The zero-order valence-electron chi connectivity index (χ0n) is 12.6. The predicted molar refractivity (Wildman–Crippen MR) is 84.7 cm³/mol. The number of phenols is 1. The van der Waals surface area contributed by atoms with E-state index >= 15 is 0 Å². The second-order valence-electron chi connectivity index (χ2n) is 3.86. The molecule has 0 saturated heterocycles. The molecule has 2 aromatic carbocycles. The molecule has 0 aliphatic rings. The molecule has 1 heteroatoms. The van der Waals surface area contributed by atoms with Crippen molar-refractivity contribution in [3.05, 3.63) is 65.7 Å². The average molecular weight is 258 g/mol. The molecular formula is C18H26O. The SMILES string of the molecule is CC.CCc1cccc(O)c1.CCc1ccccc1. The molecule has 19 heavy (non-hydrogen) atoms. The fourth-order valence-electron chi connectivity index (χ4n) is 1.49. The molecule has 1 N–H and O–H groups in total. The summed E-state index contributed by atoms with van der Waals surface area (Å²) < 4.78 is 0. The van der Waals surface area contributed by atoms with E-state index < -0.39 is 0 Å². The van der Waals surface area contributed by atoms with Gasteiger partial charge in [-0.3, -0.25) is 0 Å². The maximum Gasteiger partial charge on any atom is 0.115 e. The zero-order chi connectivity index (χ0) is 14.5. The monoisotopic (exact) mass is 258 g/mol. The van der Waals surface area contributed by atoms with E-state index in [1.165, 1.54) is 11.1 Å². The summed E-state index contributed by atoms with van der Waals surface area (Å²) in [6.07, 6.45) is 2.12. The van der Waals surface area contributed by atoms with Gasteiger partial charge in [0.2, 0.25) is 0 Å². The van der Waals surface area contributed by atoms with Gasteiger partial charge in [0.05, 0.1) is 0 Å². The van der Waals surface area contributed by atoms with Gasteiger partial charge >= 0.3 is 0 Å². The largest absolute Gasteiger partial charge is 0.508 e. The minimum absolute atomic E-state index is 0.356. The third kappa shape index (κ3) is 8.04. The van der Waals surface area contributed by atoms with Gasteiger partial charge in [0.25, 0.3) is 0 Å². The van der Waals surface area contributed by atoms with Crippen LogP contribution in [0.1, 0.15) is 38.8 Å². The van der Waals surface area contributed by atoms with Gasteiger partial charge in [-0.05, 0) is 36.1 Å². The Morgan fingerprint density at radius 1 is 0.737 bits per heavy atom. The summed E-state index contributed by atoms with van der Waals surface area (Å²) in [7, 11) is 0. The van der Waals surface area contributed by atoms with Crippen LogP contribution in [0.2, 0.25) is 0 Å². The fraction of sp³-hybridized carbons (Fsp3) is 0.333. The van der Waals surface area contributed by atoms with E-state index in [1.54, 1.807) is 12.1 Å². The Morgan fingerprint density at radius 3 is 1.63 bits per heavy atom. The third-order valence-corrected chi connectivity index (χ3v) is 2.57. The van der Waals surface area contributed by atoms with Crippen molar-refractivity contribution < 1.29 is 5.11 Å². The van der Waals surface area contributed by atoms with Gasteiger partial charge in [0, 0.05) is 0 Å². The average Bonchev–Trinajstić information content (AvgIpc) is 2.50. The first-order valence-corrected chi connectivity index (χ1v) is 7.08. The molecule has 0 radical (unpaired) electrons. The minimum Gasteiger partial charge on any atom is -0.508 e. The van der Waals surface area contributed by atoms with Gasteiger partial charge < -0.3 is 5.11 Å². The zero-order valence-corrected chi connectivity index (χ0v) is 12.6. The van der Waals surface area contributed by atoms with Crippen LogP contribution in [-0.2, 0) is 12.8 Å². The van der Waals surface area contributed by atoms with E-state index in [0.29, 0.717) is 5.75 Å². The molecule has 0 fully saturated rings. The van der Waals surface area contributed by atoms with Crippen LogP contribution in [0.15, 0.2) is 54.6 Å². The molecule has 0 atom stereocenters. The topological polar surface area (TPSA) is 20.2 Å². The maximum atomic E-state index is 8.94. The molecule has 0 saturated carbocycles. The molecule has 104 valence electrons. The van der Waals surface area contributed by atoms with Gasteiger partial charge in [0.15, 0.2) is 0 Å². The summed E-state index contributed by atoms with van der Waals surface area (Å²) in [5.74, 6) is 0.356. The third-order valence-electron chi connectivity index (χ3n) is 2.57. The molecule has 1 nitrogen and oxygen atoms in total. The number of phenolic OH excluding ortho intramolecular Hbond substituents is 1. The molecule has 0 aliphatic carbocycles. The lowest BCUT2D eigenvalue weighted by Crippen LogP contribution is -1.75. The highest BCUT2D eigenvalue weighted by Gasteiger charge is 1.87. The summed E-state index contributed by atoms with van der Waals surface area (Å²) in [5.41, 5.74) is 2.59. The van der Waals surface area contributed by atoms with Crippen molar-refractivity contribution in [2.45, 2.75) is 40.5 Å². The Bertz CT molecular complexity index is 421. The van der Waals surface area contributed by atoms with Gasteiger partial charge in [0.1, 0.15) is 5.75 Å². The molecule has 0 bridgehead atoms. The number of aryl methyl sites for hydroxylation is 2. The molecular weight excluding hydrogens is 232 g/mol. The number of hydrogen-bond donors (Lipinski definition) is 1. The van der Waals surface area contributed by atoms with Crippen molar-refractivity contribution in [2.24, 2.45) is 0 Å². The molecule has 0 heterocycles. The van der Waals surface area contributed by atoms with Crippen molar-refractivity contribution in [2.75, 3.05) is 0 Å². The highest BCUT2D eigenvalue weighted by Crippen LogP contribution is 2.10. The van der Waals surface area contributed by atoms with Crippen LogP contribution in [0.25, 0.3) is 0 Å². The van der Waals surface area contributed by atoms with Gasteiger partial charge in [-0.25, -0.2) is 0 Å². The van der Waals surface area contributed by atoms with Crippen LogP contribution in [0.5, 0.6) is 5.75 Å². The second-order valence-corrected chi connectivity index (χ2v) is 3.86. The van der Waals surface area contributed by atoms with Crippen LogP contribution in [0, 0.1) is 0 Å². The van der Waals surface area contributed by atoms with E-state index in [-0.39, 0.29) is 0 Å². The molecule has 0 aliphatic heterocycles. The van der Waals surface area contributed by atoms with Crippen LogP contribution in [0.3, 0.4) is 0 Å². The Hall–Kier alpha value is -1.76. The number of rotatable bonds is 2. The Balaban J connectivity index is 0.000000303. The van der Waals surface area contributed by atoms with Crippen LogP contribution < -0.4 is 0 Å². The Kier molecular flexibility index (Phi) is 10.3. The molecule has 2 aromatic rings. The predicted octanol–water partition coefficient (Wildman–Crippen LogP) is 5.23. The molecule has 2 rings (SSSR count). The smallest absolute Gasteiger partial charge is 0.115 e. The molecule has 0 unspecified atom stereocenters. The first kappa shape index (κ1) is 17.2. The summed E-state index contributed by atoms with van der Waals surface area (Å²) in [5, 5.41) is 8.94. The first-order valence-electron chi connectivity index (χ1n) is 7.08. The van der Waals surface area contributed by atoms with E-state index in [9.17, 15) is 0 Å². The lowest BCUT2D eigenvalue weighted by molar-refractivity contribution is 0.474. The normalized spacial score (nSPS) is 8.63. The fourth-order valence-corrected chi connectivity index (χ4v) is 1.49. The van der Waals surface area contributed by atoms with Crippen LogP contribution in [0.4, 0.5) is 0 Å². The minimum atomic E-state index is 0.356. The van der Waals surface area contributed by atoms with E-state index in [4.69, 9.17) is 5.11 Å². The summed E-state index contributed by atoms with van der Waals surface area (Å²) in [4.78, 5) is 0. The van der Waals surface area contributed by atoms with Crippen molar-refractivity contribution in [3.8, 4) is 5.75 Å². The Morgan fingerprint density at radius 2 is 1.26 bits per heavy atom. The number of hydrogen-bond acceptors (Lipinski definition) is 1. The lowest BCUT2D eigenvalue weighted by Gasteiger charge is -1.94. The Labute approximate surface area is 117 Å². The molecule has 0 spiro atoms. The van der Waals surface area contributed by atoms with Gasteiger partial charge in [-0.1, -0.05) is 70.2 Å². The maximum absolute atomic E-state index is 8.94. The van der Waals surface area contributed by atoms with E-state index in [1.807, 2.05) is 32.0 Å². The first-order chi connectivity index (χ1) is 9.26. The van der Waals surface area contributed by atoms with Gasteiger partial charge in [-0.2, -0.15) is 0 Å². The molecule has 0 aromatic heterocycles. The van der Waals surface area contributed by atoms with E-state index in [0.717, 1.165) is 12.8 Å². The van der Waals surface area contributed by atoms with Crippen molar-refractivity contribution in [3.63, 3.8) is 0 Å². The van der Waals surface area contributed by atoms with Gasteiger partial charge in [-0.15, -0.1) is 0 Å². The summed E-state index contributed by atoms with van der Waals surface area (Å²) in [6.45, 7) is 8.23.